The molecular formula is C73H49N3. The van der Waals surface area contributed by atoms with Crippen molar-refractivity contribution in [1.82, 2.24) is 4.57 Å². The first-order chi connectivity index (χ1) is 37.8. The number of hydrogen-bond donors (Lipinski definition) is 0. The van der Waals surface area contributed by atoms with E-state index in [9.17, 15) is 0 Å². The summed E-state index contributed by atoms with van der Waals surface area (Å²) in [7, 11) is 0. The fraction of sp³-hybridized carbons (Fsp3) is 0.0137. The molecule has 2 aliphatic rings. The number of anilines is 6. The minimum absolute atomic E-state index is 0.692. The number of fused-ring (bicyclic) bond motifs is 13. The molecule has 0 fully saturated rings. The minimum Gasteiger partial charge on any atom is -0.310 e. The van der Waals surface area contributed by atoms with E-state index in [1.165, 1.54) is 71.9 Å². The zero-order valence-corrected chi connectivity index (χ0v) is 41.6. The zero-order chi connectivity index (χ0) is 50.2. The number of rotatable bonds is 9. The molecule has 1 spiro atoms. The fourth-order valence-corrected chi connectivity index (χ4v) is 12.9. The third kappa shape index (κ3) is 6.56. The van der Waals surface area contributed by atoms with Crippen LogP contribution in [0.4, 0.5) is 34.1 Å². The molecule has 15 rings (SSSR count). The summed E-state index contributed by atoms with van der Waals surface area (Å²) in [6.07, 6.45) is 0. The van der Waals surface area contributed by atoms with Gasteiger partial charge in [-0.25, -0.2) is 0 Å². The first-order valence-electron chi connectivity index (χ1n) is 26.3. The predicted octanol–water partition coefficient (Wildman–Crippen LogP) is 19.4. The first kappa shape index (κ1) is 43.6. The van der Waals surface area contributed by atoms with Gasteiger partial charge in [0.2, 0.25) is 0 Å². The van der Waals surface area contributed by atoms with Crippen LogP contribution in [0.2, 0.25) is 0 Å². The molecule has 0 amide bonds. The van der Waals surface area contributed by atoms with E-state index in [4.69, 9.17) is 0 Å². The van der Waals surface area contributed by atoms with Gasteiger partial charge in [0.15, 0.2) is 0 Å². The molecular weight excluding hydrogens is 919 g/mol. The topological polar surface area (TPSA) is 11.4 Å². The van der Waals surface area contributed by atoms with Crippen LogP contribution in [-0.4, -0.2) is 4.57 Å². The van der Waals surface area contributed by atoms with Crippen LogP contribution in [0, 0.1) is 0 Å². The number of benzene rings is 12. The van der Waals surface area contributed by atoms with Gasteiger partial charge in [0.25, 0.3) is 0 Å². The minimum atomic E-state index is -0.692. The lowest BCUT2D eigenvalue weighted by atomic mass is 9.70. The Bertz CT molecular complexity index is 4270. The second-order valence-electron chi connectivity index (χ2n) is 19.9. The van der Waals surface area contributed by atoms with Crippen molar-refractivity contribution < 1.29 is 0 Å². The molecule has 0 bridgehead atoms. The van der Waals surface area contributed by atoms with Crippen molar-refractivity contribution in [3.05, 3.63) is 320 Å². The Labute approximate surface area is 443 Å². The molecule has 76 heavy (non-hydrogen) atoms. The van der Waals surface area contributed by atoms with Crippen molar-refractivity contribution in [3.8, 4) is 50.2 Å². The number of para-hydroxylation sites is 5. The SMILES string of the molecule is c1ccc(-c2cc3c(cc2N(c2ccccc2)c2ccccc2)C2(c4ccccc4-3)c3ccccc3-c3cc(-c4ccccc4)c(N(c4ccccc4)c4cccc5c4c4ccccc4n5-c4ccccc4)cc32)cc1. The highest BCUT2D eigenvalue weighted by Crippen LogP contribution is 2.66. The normalized spacial score (nSPS) is 13.8. The predicted molar refractivity (Wildman–Crippen MR) is 317 cm³/mol. The molecule has 356 valence electrons. The van der Waals surface area contributed by atoms with Crippen LogP contribution >= 0.6 is 0 Å². The Hall–Kier alpha value is -9.96. The van der Waals surface area contributed by atoms with Crippen LogP contribution in [0.5, 0.6) is 0 Å². The summed E-state index contributed by atoms with van der Waals surface area (Å²) in [6, 6.07) is 110. The highest BCUT2D eigenvalue weighted by molar-refractivity contribution is 6.17. The molecule has 12 aromatic carbocycles. The van der Waals surface area contributed by atoms with Gasteiger partial charge in [-0.05, 0) is 147 Å². The molecule has 1 aromatic heterocycles. The Morgan fingerprint density at radius 1 is 0.263 bits per heavy atom. The summed E-state index contributed by atoms with van der Waals surface area (Å²) in [5.41, 5.74) is 24.1. The van der Waals surface area contributed by atoms with Gasteiger partial charge in [-0.2, -0.15) is 0 Å². The fourth-order valence-electron chi connectivity index (χ4n) is 12.9. The summed E-state index contributed by atoms with van der Waals surface area (Å²) in [5.74, 6) is 0. The molecule has 3 nitrogen and oxygen atoms in total. The van der Waals surface area contributed by atoms with E-state index in [2.05, 4.69) is 312 Å². The van der Waals surface area contributed by atoms with Gasteiger partial charge >= 0.3 is 0 Å². The molecule has 0 aliphatic heterocycles. The van der Waals surface area contributed by atoms with E-state index in [0.717, 1.165) is 56.5 Å². The standard InChI is InChI=1S/C73H49N3/c1-7-26-50(27-8-1)59-46-61-56-38-19-22-41-63(56)73(65(61)48-70(59)74(52-30-11-3-12-31-52)53-32-13-4-14-33-53)64-42-23-20-39-57(64)62-47-60(51-28-9-2-10-29-51)71(49-66(62)73)76(55-36-17-6-18-37-55)69-45-25-44-68-72(69)58-40-21-24-43-67(58)75(68)54-34-15-5-16-35-54/h1-49H. The number of aromatic nitrogens is 1. The third-order valence-corrected chi connectivity index (χ3v) is 15.9. The zero-order valence-electron chi connectivity index (χ0n) is 41.6. The van der Waals surface area contributed by atoms with Crippen LogP contribution < -0.4 is 9.80 Å². The summed E-state index contributed by atoms with van der Waals surface area (Å²) < 4.78 is 2.42. The van der Waals surface area contributed by atoms with Crippen LogP contribution in [0.25, 0.3) is 72.0 Å². The van der Waals surface area contributed by atoms with E-state index in [1.807, 2.05) is 0 Å². The molecule has 1 atom stereocenters. The van der Waals surface area contributed by atoms with Gasteiger partial charge in [0.1, 0.15) is 0 Å². The average Bonchev–Trinajstić information content (AvgIpc) is 4.31. The summed E-state index contributed by atoms with van der Waals surface area (Å²) in [5, 5.41) is 2.39. The summed E-state index contributed by atoms with van der Waals surface area (Å²) in [4.78, 5) is 5.00. The van der Waals surface area contributed by atoms with Gasteiger partial charge in [-0.3, -0.25) is 0 Å². The molecule has 0 N–H and O–H groups in total. The van der Waals surface area contributed by atoms with Crippen molar-refractivity contribution in [3.63, 3.8) is 0 Å². The second-order valence-corrected chi connectivity index (χ2v) is 19.9. The Balaban J connectivity index is 1.07. The van der Waals surface area contributed by atoms with Crippen molar-refractivity contribution in [1.29, 1.82) is 0 Å². The van der Waals surface area contributed by atoms with E-state index < -0.39 is 5.41 Å². The lowest BCUT2D eigenvalue weighted by Gasteiger charge is -2.35. The van der Waals surface area contributed by atoms with Crippen molar-refractivity contribution in [2.75, 3.05) is 9.80 Å². The largest absolute Gasteiger partial charge is 0.310 e. The van der Waals surface area contributed by atoms with Gasteiger partial charge in [-0.1, -0.05) is 206 Å². The van der Waals surface area contributed by atoms with E-state index in [0.29, 0.717) is 0 Å². The van der Waals surface area contributed by atoms with Gasteiger partial charge in [0.05, 0.1) is 33.5 Å². The molecule has 2 aliphatic carbocycles. The third-order valence-electron chi connectivity index (χ3n) is 15.9. The maximum Gasteiger partial charge on any atom is 0.0727 e. The quantitative estimate of drug-likeness (QED) is 0.143. The lowest BCUT2D eigenvalue weighted by molar-refractivity contribution is 0.793. The average molecular weight is 968 g/mol. The number of hydrogen-bond acceptors (Lipinski definition) is 2. The maximum absolute atomic E-state index is 2.57. The van der Waals surface area contributed by atoms with E-state index in [-0.39, 0.29) is 0 Å². The highest BCUT2D eigenvalue weighted by Gasteiger charge is 2.53. The van der Waals surface area contributed by atoms with E-state index in [1.54, 1.807) is 0 Å². The van der Waals surface area contributed by atoms with Gasteiger partial charge in [0, 0.05) is 44.6 Å². The molecule has 1 heterocycles. The van der Waals surface area contributed by atoms with E-state index >= 15 is 0 Å². The molecule has 3 heteroatoms. The molecule has 1 unspecified atom stereocenters. The summed E-state index contributed by atoms with van der Waals surface area (Å²) >= 11 is 0. The van der Waals surface area contributed by atoms with Crippen molar-refractivity contribution in [2.45, 2.75) is 5.41 Å². The maximum atomic E-state index is 2.57. The monoisotopic (exact) mass is 967 g/mol. The van der Waals surface area contributed by atoms with Crippen molar-refractivity contribution >= 4 is 55.9 Å². The number of nitrogens with zero attached hydrogens (tertiary/aromatic N) is 3. The Morgan fingerprint density at radius 3 is 1.20 bits per heavy atom. The second kappa shape index (κ2) is 17.6. The van der Waals surface area contributed by atoms with Crippen molar-refractivity contribution in [2.24, 2.45) is 0 Å². The first-order valence-corrected chi connectivity index (χ1v) is 26.3. The molecule has 0 saturated carbocycles. The molecule has 0 radical (unpaired) electrons. The molecule has 13 aromatic rings. The lowest BCUT2D eigenvalue weighted by Crippen LogP contribution is -2.27. The van der Waals surface area contributed by atoms with Gasteiger partial charge < -0.3 is 14.4 Å². The van der Waals surface area contributed by atoms with Crippen LogP contribution in [0.15, 0.2) is 297 Å². The highest BCUT2D eigenvalue weighted by atomic mass is 15.2. The molecule has 0 saturated heterocycles. The van der Waals surface area contributed by atoms with Crippen LogP contribution in [0.3, 0.4) is 0 Å². The summed E-state index contributed by atoms with van der Waals surface area (Å²) in [6.45, 7) is 0. The Kier molecular flexibility index (Phi) is 10.1. The van der Waals surface area contributed by atoms with Crippen LogP contribution in [-0.2, 0) is 5.41 Å². The van der Waals surface area contributed by atoms with Crippen LogP contribution in [0.1, 0.15) is 22.3 Å². The smallest absolute Gasteiger partial charge is 0.0727 e. The Morgan fingerprint density at radius 2 is 0.671 bits per heavy atom. The van der Waals surface area contributed by atoms with Gasteiger partial charge in [-0.15, -0.1) is 0 Å².